The molecule has 0 aliphatic carbocycles. The van der Waals surface area contributed by atoms with Crippen LogP contribution in [0.3, 0.4) is 0 Å². The number of nitrogens with one attached hydrogen (secondary N) is 3. The van der Waals surface area contributed by atoms with Crippen molar-refractivity contribution in [3.05, 3.63) is 58.6 Å². The third kappa shape index (κ3) is 6.24. The summed E-state index contributed by atoms with van der Waals surface area (Å²) in [5.41, 5.74) is 0.951. The number of anilines is 2. The number of carbonyl (C=O) groups is 2. The number of hydrogen-bond donors (Lipinski definition) is 3. The highest BCUT2D eigenvalue weighted by Crippen LogP contribution is 2.23. The van der Waals surface area contributed by atoms with Crippen molar-refractivity contribution in [3.63, 3.8) is 0 Å². The molecule has 0 spiro atoms. The van der Waals surface area contributed by atoms with Gasteiger partial charge >= 0.3 is 0 Å². The molecule has 2 aromatic carbocycles. The van der Waals surface area contributed by atoms with Crippen LogP contribution in [0.4, 0.5) is 11.4 Å². The van der Waals surface area contributed by atoms with E-state index in [0.717, 1.165) is 19.1 Å². The molecule has 0 saturated heterocycles. The third-order valence-electron chi connectivity index (χ3n) is 3.75. The van der Waals surface area contributed by atoms with Crippen LogP contribution < -0.4 is 15.4 Å². The summed E-state index contributed by atoms with van der Waals surface area (Å²) in [5.74, 6) is -0.848. The average Bonchev–Trinajstić information content (AvgIpc) is 2.62. The first-order valence-electron chi connectivity index (χ1n) is 8.67. The second kappa shape index (κ2) is 9.57. The fraction of sp³-hybridized carbons (Fsp3) is 0.263. The first kappa shape index (κ1) is 21.7. The Morgan fingerprint density at radius 2 is 1.75 bits per heavy atom. The van der Waals surface area contributed by atoms with Crippen LogP contribution >= 0.6 is 11.6 Å². The first-order chi connectivity index (χ1) is 13.2. The molecule has 0 fully saturated rings. The second-order valence-corrected chi connectivity index (χ2v) is 8.33. The first-order valence-corrected chi connectivity index (χ1v) is 10.9. The van der Waals surface area contributed by atoms with Crippen molar-refractivity contribution in [2.45, 2.75) is 19.8 Å². The lowest BCUT2D eigenvalue weighted by Gasteiger charge is -2.13. The van der Waals surface area contributed by atoms with E-state index in [9.17, 15) is 18.0 Å². The summed E-state index contributed by atoms with van der Waals surface area (Å²) < 4.78 is 25.1. The van der Waals surface area contributed by atoms with Crippen LogP contribution in [0.15, 0.2) is 42.5 Å². The predicted octanol–water partition coefficient (Wildman–Crippen LogP) is 3.49. The molecule has 0 atom stereocenters. The minimum Gasteiger partial charge on any atom is -0.352 e. The molecule has 0 saturated carbocycles. The maximum atomic E-state index is 12.7. The number of para-hydroxylation sites is 1. The van der Waals surface area contributed by atoms with Gasteiger partial charge in [0.2, 0.25) is 10.0 Å². The number of sulfonamides is 1. The number of carbonyl (C=O) groups excluding carboxylic acids is 2. The molecule has 0 aromatic heterocycles. The van der Waals surface area contributed by atoms with Crippen LogP contribution in [0, 0.1) is 0 Å². The number of unbranched alkanes of at least 4 members (excludes halogenated alkanes) is 1. The van der Waals surface area contributed by atoms with Crippen LogP contribution in [0.2, 0.25) is 5.02 Å². The molecule has 0 unspecified atom stereocenters. The molecule has 2 aromatic rings. The summed E-state index contributed by atoms with van der Waals surface area (Å²) in [4.78, 5) is 25.1. The van der Waals surface area contributed by atoms with Gasteiger partial charge in [0.05, 0.1) is 28.1 Å². The Morgan fingerprint density at radius 1 is 1.04 bits per heavy atom. The minimum absolute atomic E-state index is 0.0801. The van der Waals surface area contributed by atoms with Gasteiger partial charge in [-0.05, 0) is 36.8 Å². The highest BCUT2D eigenvalue weighted by atomic mass is 35.5. The van der Waals surface area contributed by atoms with Gasteiger partial charge in [-0.1, -0.05) is 37.1 Å². The molecule has 3 N–H and O–H groups in total. The van der Waals surface area contributed by atoms with Gasteiger partial charge in [-0.25, -0.2) is 8.42 Å². The quantitative estimate of drug-likeness (QED) is 0.565. The Balaban J connectivity index is 2.24. The van der Waals surface area contributed by atoms with Crippen LogP contribution in [0.5, 0.6) is 0 Å². The largest absolute Gasteiger partial charge is 0.352 e. The van der Waals surface area contributed by atoms with Gasteiger partial charge in [0.15, 0.2) is 0 Å². The van der Waals surface area contributed by atoms with E-state index in [1.165, 1.54) is 18.2 Å². The molecule has 0 bridgehead atoms. The van der Waals surface area contributed by atoms with Crippen LogP contribution in [-0.4, -0.2) is 33.0 Å². The van der Waals surface area contributed by atoms with Crippen molar-refractivity contribution in [3.8, 4) is 0 Å². The molecule has 28 heavy (non-hydrogen) atoms. The molecule has 0 heterocycles. The van der Waals surface area contributed by atoms with E-state index in [0.29, 0.717) is 17.8 Å². The van der Waals surface area contributed by atoms with Crippen LogP contribution in [-0.2, 0) is 10.0 Å². The zero-order chi connectivity index (χ0) is 20.7. The smallest absolute Gasteiger partial charge is 0.257 e. The Labute approximate surface area is 169 Å². The van der Waals surface area contributed by atoms with Gasteiger partial charge in [0.1, 0.15) is 0 Å². The fourth-order valence-electron chi connectivity index (χ4n) is 2.43. The van der Waals surface area contributed by atoms with E-state index in [1.54, 1.807) is 24.3 Å². The van der Waals surface area contributed by atoms with Crippen LogP contribution in [0.1, 0.15) is 40.5 Å². The summed E-state index contributed by atoms with van der Waals surface area (Å²) in [6.45, 7) is 2.57. The predicted molar refractivity (Wildman–Crippen MR) is 112 cm³/mol. The average molecular weight is 424 g/mol. The molecule has 150 valence electrons. The van der Waals surface area contributed by atoms with Gasteiger partial charge in [0.25, 0.3) is 11.8 Å². The second-order valence-electron chi connectivity index (χ2n) is 6.18. The van der Waals surface area contributed by atoms with Gasteiger partial charge in [-0.3, -0.25) is 14.3 Å². The van der Waals surface area contributed by atoms with Crippen molar-refractivity contribution in [2.75, 3.05) is 22.8 Å². The summed E-state index contributed by atoms with van der Waals surface area (Å²) in [5, 5.41) is 5.63. The number of rotatable bonds is 8. The van der Waals surface area contributed by atoms with Gasteiger partial charge in [0, 0.05) is 12.2 Å². The topological polar surface area (TPSA) is 104 Å². The van der Waals surface area contributed by atoms with E-state index in [4.69, 9.17) is 11.6 Å². The highest BCUT2D eigenvalue weighted by molar-refractivity contribution is 7.92. The molecule has 0 radical (unpaired) electrons. The molecular formula is C19H22ClN3O4S. The number of benzene rings is 2. The number of hydrogen-bond acceptors (Lipinski definition) is 4. The summed E-state index contributed by atoms with van der Waals surface area (Å²) in [6, 6.07) is 10.8. The summed E-state index contributed by atoms with van der Waals surface area (Å²) >= 11 is 6.10. The highest BCUT2D eigenvalue weighted by Gasteiger charge is 2.17. The van der Waals surface area contributed by atoms with E-state index < -0.39 is 15.9 Å². The SMILES string of the molecule is CCCCNC(=O)c1ccccc1NC(=O)c1cc(NS(C)(=O)=O)ccc1Cl. The summed E-state index contributed by atoms with van der Waals surface area (Å²) in [7, 11) is -3.50. The molecule has 0 aliphatic heterocycles. The van der Waals surface area contributed by atoms with Gasteiger partial charge in [-0.15, -0.1) is 0 Å². The maximum absolute atomic E-state index is 12.7. The molecule has 2 rings (SSSR count). The Morgan fingerprint density at radius 3 is 2.43 bits per heavy atom. The van der Waals surface area contributed by atoms with E-state index in [-0.39, 0.29) is 22.2 Å². The zero-order valence-corrected chi connectivity index (χ0v) is 17.2. The lowest BCUT2D eigenvalue weighted by atomic mass is 10.1. The van der Waals surface area contributed by atoms with Crippen LogP contribution in [0.25, 0.3) is 0 Å². The van der Waals surface area contributed by atoms with Crippen molar-refractivity contribution in [2.24, 2.45) is 0 Å². The molecule has 0 aliphatic rings. The van der Waals surface area contributed by atoms with Crippen molar-refractivity contribution < 1.29 is 18.0 Å². The molecule has 2 amide bonds. The monoisotopic (exact) mass is 423 g/mol. The lowest BCUT2D eigenvalue weighted by Crippen LogP contribution is -2.26. The van der Waals surface area contributed by atoms with E-state index >= 15 is 0 Å². The van der Waals surface area contributed by atoms with Crippen molar-refractivity contribution in [1.29, 1.82) is 0 Å². The lowest BCUT2D eigenvalue weighted by molar-refractivity contribution is 0.0954. The van der Waals surface area contributed by atoms with Crippen molar-refractivity contribution >= 4 is 44.8 Å². The van der Waals surface area contributed by atoms with E-state index in [2.05, 4.69) is 15.4 Å². The zero-order valence-electron chi connectivity index (χ0n) is 15.6. The normalized spacial score (nSPS) is 11.0. The Kier molecular flexibility index (Phi) is 7.42. The van der Waals surface area contributed by atoms with Gasteiger partial charge < -0.3 is 10.6 Å². The van der Waals surface area contributed by atoms with Crippen molar-refractivity contribution in [1.82, 2.24) is 5.32 Å². The third-order valence-corrected chi connectivity index (χ3v) is 4.69. The molecule has 7 nitrogen and oxygen atoms in total. The van der Waals surface area contributed by atoms with E-state index in [1.807, 2.05) is 6.92 Å². The number of amides is 2. The number of halogens is 1. The fourth-order valence-corrected chi connectivity index (χ4v) is 3.19. The summed E-state index contributed by atoms with van der Waals surface area (Å²) in [6.07, 6.45) is 2.82. The van der Waals surface area contributed by atoms with Gasteiger partial charge in [-0.2, -0.15) is 0 Å². The molecule has 9 heteroatoms. The Hall–Kier alpha value is -2.58. The molecular weight excluding hydrogens is 402 g/mol. The minimum atomic E-state index is -3.50. The standard InChI is InChI=1S/C19H22ClN3O4S/c1-3-4-11-21-18(24)14-7-5-6-8-17(14)22-19(25)15-12-13(9-10-16(15)20)23-28(2,26)27/h5-10,12,23H,3-4,11H2,1-2H3,(H,21,24)(H,22,25). The Bertz CT molecular complexity index is 977. The maximum Gasteiger partial charge on any atom is 0.257 e.